The van der Waals surface area contributed by atoms with Crippen LogP contribution in [0.1, 0.15) is 40.0 Å². The largest absolute Gasteiger partial charge is 0.444 e. The Morgan fingerprint density at radius 1 is 1.24 bits per heavy atom. The minimum Gasteiger partial charge on any atom is -0.444 e. The summed E-state index contributed by atoms with van der Waals surface area (Å²) in [6.45, 7) is 6.47. The van der Waals surface area contributed by atoms with Gasteiger partial charge >= 0.3 is 12.3 Å². The molecule has 0 N–H and O–H groups in total. The topological polar surface area (TPSA) is 32.8 Å². The number of halogens is 3. The third-order valence-corrected chi connectivity index (χ3v) is 3.49. The molecule has 0 spiro atoms. The summed E-state index contributed by atoms with van der Waals surface area (Å²) < 4.78 is 41.9. The van der Waals surface area contributed by atoms with Crippen molar-refractivity contribution in [1.82, 2.24) is 9.80 Å². The number of hydrogen-bond donors (Lipinski definition) is 0. The maximum Gasteiger partial charge on any atom is 0.410 e. The maximum atomic E-state index is 12.2. The molecule has 1 aliphatic heterocycles. The molecule has 1 amide bonds. The van der Waals surface area contributed by atoms with Gasteiger partial charge in [0.05, 0.1) is 6.42 Å². The molecule has 0 aliphatic carbocycles. The normalized spacial score (nSPS) is 18.2. The first-order valence-electron chi connectivity index (χ1n) is 7.23. The molecular weight excluding hydrogens is 285 g/mol. The molecule has 0 bridgehead atoms. The van der Waals surface area contributed by atoms with Crippen LogP contribution in [0.4, 0.5) is 18.0 Å². The highest BCUT2D eigenvalue weighted by Gasteiger charge is 2.31. The summed E-state index contributed by atoms with van der Waals surface area (Å²) in [5.41, 5.74) is -0.530. The van der Waals surface area contributed by atoms with Crippen LogP contribution in [0.25, 0.3) is 0 Å². The second kappa shape index (κ2) is 6.85. The Morgan fingerprint density at radius 2 is 1.76 bits per heavy atom. The van der Waals surface area contributed by atoms with Crippen LogP contribution in [0.3, 0.4) is 0 Å². The molecule has 21 heavy (non-hydrogen) atoms. The lowest BCUT2D eigenvalue weighted by atomic mass is 10.0. The number of alkyl halides is 3. The molecule has 0 aromatic rings. The Balaban J connectivity index is 2.36. The van der Waals surface area contributed by atoms with E-state index in [1.165, 1.54) is 0 Å². The highest BCUT2D eigenvalue weighted by molar-refractivity contribution is 5.68. The molecule has 1 saturated heterocycles. The molecule has 0 saturated carbocycles. The van der Waals surface area contributed by atoms with Gasteiger partial charge in [-0.1, -0.05) is 0 Å². The smallest absolute Gasteiger partial charge is 0.410 e. The average Bonchev–Trinajstić information content (AvgIpc) is 2.33. The minimum absolute atomic E-state index is 0.000599. The fourth-order valence-electron chi connectivity index (χ4n) is 2.30. The number of amides is 1. The molecule has 0 aromatic heterocycles. The predicted molar refractivity (Wildman–Crippen MR) is 74.1 cm³/mol. The molecule has 1 aliphatic rings. The van der Waals surface area contributed by atoms with Crippen molar-refractivity contribution in [2.75, 3.05) is 26.7 Å². The van der Waals surface area contributed by atoms with Crippen LogP contribution >= 0.6 is 0 Å². The predicted octanol–water partition coefficient (Wildman–Crippen LogP) is 3.27. The number of ether oxygens (including phenoxy) is 1. The van der Waals surface area contributed by atoms with Crippen molar-refractivity contribution < 1.29 is 22.7 Å². The van der Waals surface area contributed by atoms with Gasteiger partial charge in [0.1, 0.15) is 5.60 Å². The Kier molecular flexibility index (Phi) is 5.90. The van der Waals surface area contributed by atoms with Crippen LogP contribution in [0, 0.1) is 0 Å². The molecule has 124 valence electrons. The van der Waals surface area contributed by atoms with Crippen LogP contribution in [-0.2, 0) is 4.74 Å². The van der Waals surface area contributed by atoms with Crippen LogP contribution in [-0.4, -0.2) is 60.4 Å². The van der Waals surface area contributed by atoms with Crippen molar-refractivity contribution in [2.24, 2.45) is 0 Å². The van der Waals surface area contributed by atoms with Crippen molar-refractivity contribution in [2.45, 2.75) is 57.9 Å². The van der Waals surface area contributed by atoms with E-state index >= 15 is 0 Å². The molecule has 0 aromatic carbocycles. The molecule has 1 heterocycles. The zero-order chi connectivity index (χ0) is 16.3. The summed E-state index contributed by atoms with van der Waals surface area (Å²) in [7, 11) is 1.71. The van der Waals surface area contributed by atoms with E-state index in [-0.39, 0.29) is 18.7 Å². The first kappa shape index (κ1) is 18.1. The highest BCUT2D eigenvalue weighted by atomic mass is 19.4. The quantitative estimate of drug-likeness (QED) is 0.802. The lowest BCUT2D eigenvalue weighted by molar-refractivity contribution is -0.138. The van der Waals surface area contributed by atoms with Gasteiger partial charge in [-0.3, -0.25) is 0 Å². The van der Waals surface area contributed by atoms with Crippen molar-refractivity contribution in [3.05, 3.63) is 0 Å². The number of piperidine rings is 1. The lowest BCUT2D eigenvalue weighted by Crippen LogP contribution is -2.47. The number of likely N-dealkylation sites (tertiary alicyclic amines) is 1. The molecule has 0 atom stereocenters. The molecule has 0 unspecified atom stereocenters. The van der Waals surface area contributed by atoms with E-state index < -0.39 is 18.2 Å². The minimum atomic E-state index is -4.12. The van der Waals surface area contributed by atoms with Crippen LogP contribution in [0.5, 0.6) is 0 Å². The maximum absolute atomic E-state index is 12.2. The van der Waals surface area contributed by atoms with E-state index in [1.54, 1.807) is 16.8 Å². The Hall–Kier alpha value is -0.980. The van der Waals surface area contributed by atoms with Crippen molar-refractivity contribution >= 4 is 6.09 Å². The molecular formula is C14H25F3N2O2. The molecule has 0 radical (unpaired) electrons. The van der Waals surface area contributed by atoms with Crippen molar-refractivity contribution in [3.8, 4) is 0 Å². The molecule has 4 nitrogen and oxygen atoms in total. The van der Waals surface area contributed by atoms with Crippen molar-refractivity contribution in [1.29, 1.82) is 0 Å². The summed E-state index contributed by atoms with van der Waals surface area (Å²) >= 11 is 0. The van der Waals surface area contributed by atoms with Gasteiger partial charge < -0.3 is 14.5 Å². The average molecular weight is 310 g/mol. The Morgan fingerprint density at radius 3 is 2.19 bits per heavy atom. The van der Waals surface area contributed by atoms with Crippen molar-refractivity contribution in [3.63, 3.8) is 0 Å². The second-order valence-electron chi connectivity index (χ2n) is 6.54. The van der Waals surface area contributed by atoms with Crippen LogP contribution < -0.4 is 0 Å². The molecule has 1 fully saturated rings. The number of nitrogens with zero attached hydrogens (tertiary/aromatic N) is 2. The van der Waals surface area contributed by atoms with E-state index in [0.29, 0.717) is 25.9 Å². The monoisotopic (exact) mass is 310 g/mol. The first-order valence-corrected chi connectivity index (χ1v) is 7.23. The highest BCUT2D eigenvalue weighted by Crippen LogP contribution is 2.22. The number of rotatable bonds is 3. The fraction of sp³-hybridized carbons (Fsp3) is 0.929. The van der Waals surface area contributed by atoms with Gasteiger partial charge in [0, 0.05) is 25.7 Å². The van der Waals surface area contributed by atoms with Gasteiger partial charge in [-0.05, 0) is 40.7 Å². The van der Waals surface area contributed by atoms with Gasteiger partial charge in [-0.15, -0.1) is 0 Å². The Bertz CT molecular complexity index is 345. The van der Waals surface area contributed by atoms with E-state index in [2.05, 4.69) is 0 Å². The SMILES string of the molecule is CN(CCC(F)(F)F)C1CCN(C(=O)OC(C)(C)C)CC1. The molecule has 1 rings (SSSR count). The standard InChI is InChI=1S/C14H25F3N2O2/c1-13(2,3)21-12(20)19-8-5-11(6-9-19)18(4)10-7-14(15,16)17/h11H,5-10H2,1-4H3. The van der Waals surface area contributed by atoms with Gasteiger partial charge in [0.15, 0.2) is 0 Å². The first-order chi connectivity index (χ1) is 9.48. The summed E-state index contributed by atoms with van der Waals surface area (Å²) in [5.74, 6) is 0. The zero-order valence-electron chi connectivity index (χ0n) is 13.2. The summed E-state index contributed by atoms with van der Waals surface area (Å²) in [6, 6.07) is 0.0889. The number of carbonyl (C=O) groups excluding carboxylic acids is 1. The van der Waals surface area contributed by atoms with Gasteiger partial charge in [-0.25, -0.2) is 4.79 Å². The van der Waals surface area contributed by atoms with Gasteiger partial charge in [-0.2, -0.15) is 13.2 Å². The number of carbonyl (C=O) groups is 1. The van der Waals surface area contributed by atoms with Gasteiger partial charge in [0.2, 0.25) is 0 Å². The third-order valence-electron chi connectivity index (χ3n) is 3.49. The summed E-state index contributed by atoms with van der Waals surface area (Å²) in [5, 5.41) is 0. The lowest BCUT2D eigenvalue weighted by Gasteiger charge is -2.37. The number of hydrogen-bond acceptors (Lipinski definition) is 3. The second-order valence-corrected chi connectivity index (χ2v) is 6.54. The third kappa shape index (κ3) is 7.02. The zero-order valence-corrected chi connectivity index (χ0v) is 13.2. The van der Waals surface area contributed by atoms with Crippen LogP contribution in [0.15, 0.2) is 0 Å². The van der Waals surface area contributed by atoms with E-state index in [4.69, 9.17) is 4.74 Å². The molecule has 7 heteroatoms. The van der Waals surface area contributed by atoms with Gasteiger partial charge in [0.25, 0.3) is 0 Å². The summed E-state index contributed by atoms with van der Waals surface area (Å²) in [6.07, 6.45) is -3.92. The summed E-state index contributed by atoms with van der Waals surface area (Å²) in [4.78, 5) is 15.2. The van der Waals surface area contributed by atoms with E-state index in [1.807, 2.05) is 20.8 Å². The van der Waals surface area contributed by atoms with E-state index in [0.717, 1.165) is 0 Å². The van der Waals surface area contributed by atoms with Crippen LogP contribution in [0.2, 0.25) is 0 Å². The Labute approximate surface area is 124 Å². The fourth-order valence-corrected chi connectivity index (χ4v) is 2.30. The van der Waals surface area contributed by atoms with E-state index in [9.17, 15) is 18.0 Å².